The number of carbonyl (C=O) groups excluding carboxylic acids is 1. The molecule has 3 aromatic heterocycles. The smallest absolute Gasteiger partial charge is 0.298 e. The van der Waals surface area contributed by atoms with Crippen molar-refractivity contribution >= 4 is 33.4 Å². The minimum absolute atomic E-state index is 0.125. The fraction of sp³-hybridized carbons (Fsp3) is 0.261. The number of hydrogen-bond donors (Lipinski definition) is 2. The number of nitrogens with zero attached hydrogens (tertiary/aromatic N) is 3. The Morgan fingerprint density at radius 2 is 2.00 bits per heavy atom. The molecule has 3 heterocycles. The highest BCUT2D eigenvalue weighted by atomic mass is 32.1. The fourth-order valence-electron chi connectivity index (χ4n) is 3.73. The van der Waals surface area contributed by atoms with Crippen molar-refractivity contribution in [1.29, 1.82) is 0 Å². The second kappa shape index (κ2) is 8.16. The average molecular weight is 448 g/mol. The number of amides is 1. The molecule has 0 saturated heterocycles. The van der Waals surface area contributed by atoms with E-state index in [1.165, 1.54) is 15.9 Å². The lowest BCUT2D eigenvalue weighted by molar-refractivity contribution is 0.102. The van der Waals surface area contributed by atoms with Crippen LogP contribution >= 0.6 is 11.3 Å². The number of thiazole rings is 1. The molecule has 0 unspecified atom stereocenters. The lowest BCUT2D eigenvalue weighted by atomic mass is 10.1. The molecular formula is C23H21N5O3S. The summed E-state index contributed by atoms with van der Waals surface area (Å²) in [6.07, 6.45) is 2.65. The molecule has 0 atom stereocenters. The molecule has 0 radical (unpaired) electrons. The number of hydrogen-bond acceptors (Lipinski definition) is 6. The molecular weight excluding hydrogens is 426 g/mol. The van der Waals surface area contributed by atoms with Crippen LogP contribution in [0.4, 0.5) is 5.13 Å². The van der Waals surface area contributed by atoms with Gasteiger partial charge in [0.2, 0.25) is 0 Å². The maximum absolute atomic E-state index is 13.3. The monoisotopic (exact) mass is 447 g/mol. The SMILES string of the molecule is CCCn1c(=O)[nH]c(=O)c2c(C(=O)Nc3nc(-c4ccccc4)cs3)cc(C3CC3)nc21. The van der Waals surface area contributed by atoms with Gasteiger partial charge in [-0.25, -0.2) is 14.8 Å². The molecule has 0 aliphatic heterocycles. The summed E-state index contributed by atoms with van der Waals surface area (Å²) in [5, 5.41) is 5.25. The normalized spacial score (nSPS) is 13.4. The van der Waals surface area contributed by atoms with E-state index >= 15 is 0 Å². The molecule has 32 heavy (non-hydrogen) atoms. The van der Waals surface area contributed by atoms with Crippen LogP contribution in [0.1, 0.15) is 48.2 Å². The third kappa shape index (κ3) is 3.75. The molecule has 4 aromatic rings. The molecule has 1 fully saturated rings. The third-order valence-corrected chi connectivity index (χ3v) is 6.21. The number of nitrogens with one attached hydrogen (secondary N) is 2. The Kier molecular flexibility index (Phi) is 5.18. The van der Waals surface area contributed by atoms with Crippen molar-refractivity contribution < 1.29 is 4.79 Å². The van der Waals surface area contributed by atoms with Crippen LogP contribution in [0.5, 0.6) is 0 Å². The summed E-state index contributed by atoms with van der Waals surface area (Å²) in [5.74, 6) is -0.194. The van der Waals surface area contributed by atoms with Crippen LogP contribution < -0.4 is 16.6 Å². The van der Waals surface area contributed by atoms with Gasteiger partial charge in [0.15, 0.2) is 10.8 Å². The van der Waals surface area contributed by atoms with Crippen LogP contribution in [-0.4, -0.2) is 25.4 Å². The summed E-state index contributed by atoms with van der Waals surface area (Å²) in [7, 11) is 0. The number of rotatable bonds is 6. The van der Waals surface area contributed by atoms with E-state index in [4.69, 9.17) is 0 Å². The summed E-state index contributed by atoms with van der Waals surface area (Å²) < 4.78 is 1.44. The number of benzene rings is 1. The van der Waals surface area contributed by atoms with Gasteiger partial charge in [-0.15, -0.1) is 11.3 Å². The molecule has 1 aliphatic rings. The van der Waals surface area contributed by atoms with Gasteiger partial charge in [0.25, 0.3) is 11.5 Å². The van der Waals surface area contributed by atoms with Gasteiger partial charge in [0.05, 0.1) is 16.6 Å². The Bertz CT molecular complexity index is 1430. The quantitative estimate of drug-likeness (QED) is 0.468. The second-order valence-electron chi connectivity index (χ2n) is 7.84. The molecule has 5 rings (SSSR count). The van der Waals surface area contributed by atoms with Gasteiger partial charge in [-0.1, -0.05) is 37.3 Å². The van der Waals surface area contributed by atoms with Crippen LogP contribution in [-0.2, 0) is 6.54 Å². The van der Waals surface area contributed by atoms with E-state index in [9.17, 15) is 14.4 Å². The summed E-state index contributed by atoms with van der Waals surface area (Å²) in [4.78, 5) is 49.9. The zero-order chi connectivity index (χ0) is 22.2. The number of aryl methyl sites for hydroxylation is 1. The van der Waals surface area contributed by atoms with Gasteiger partial charge in [0.1, 0.15) is 0 Å². The van der Waals surface area contributed by atoms with Crippen LogP contribution in [0.25, 0.3) is 22.3 Å². The van der Waals surface area contributed by atoms with E-state index in [2.05, 4.69) is 20.3 Å². The molecule has 162 valence electrons. The maximum Gasteiger partial charge on any atom is 0.329 e. The highest BCUT2D eigenvalue weighted by molar-refractivity contribution is 7.14. The van der Waals surface area contributed by atoms with Crippen LogP contribution in [0, 0.1) is 0 Å². The minimum atomic E-state index is -0.610. The summed E-state index contributed by atoms with van der Waals surface area (Å²) >= 11 is 1.31. The number of fused-ring (bicyclic) bond motifs is 1. The largest absolute Gasteiger partial charge is 0.329 e. The summed E-state index contributed by atoms with van der Waals surface area (Å²) in [6.45, 7) is 2.34. The summed E-state index contributed by atoms with van der Waals surface area (Å²) in [6, 6.07) is 11.4. The maximum atomic E-state index is 13.3. The van der Waals surface area contributed by atoms with Crippen molar-refractivity contribution in [2.75, 3.05) is 5.32 Å². The Morgan fingerprint density at radius 3 is 2.72 bits per heavy atom. The van der Waals surface area contributed by atoms with E-state index < -0.39 is 17.2 Å². The lowest BCUT2D eigenvalue weighted by Crippen LogP contribution is -2.32. The van der Waals surface area contributed by atoms with E-state index in [-0.39, 0.29) is 22.5 Å². The Morgan fingerprint density at radius 1 is 1.22 bits per heavy atom. The van der Waals surface area contributed by atoms with Crippen molar-refractivity contribution in [1.82, 2.24) is 19.5 Å². The van der Waals surface area contributed by atoms with Crippen molar-refractivity contribution in [2.45, 2.75) is 38.6 Å². The average Bonchev–Trinajstić information content (AvgIpc) is 3.55. The first kappa shape index (κ1) is 20.3. The fourth-order valence-corrected chi connectivity index (χ4v) is 4.44. The van der Waals surface area contributed by atoms with Gasteiger partial charge in [-0.05, 0) is 25.3 Å². The zero-order valence-corrected chi connectivity index (χ0v) is 18.2. The molecule has 1 aliphatic carbocycles. The topological polar surface area (TPSA) is 110 Å². The van der Waals surface area contributed by atoms with Gasteiger partial charge in [-0.2, -0.15) is 0 Å². The van der Waals surface area contributed by atoms with E-state index in [0.29, 0.717) is 18.1 Å². The molecule has 0 bridgehead atoms. The minimum Gasteiger partial charge on any atom is -0.298 e. The zero-order valence-electron chi connectivity index (χ0n) is 17.4. The van der Waals surface area contributed by atoms with Crippen LogP contribution in [0.15, 0.2) is 51.4 Å². The second-order valence-corrected chi connectivity index (χ2v) is 8.69. The van der Waals surface area contributed by atoms with Crippen molar-refractivity contribution in [3.05, 3.63) is 73.9 Å². The van der Waals surface area contributed by atoms with Crippen molar-refractivity contribution in [3.63, 3.8) is 0 Å². The van der Waals surface area contributed by atoms with E-state index in [1.54, 1.807) is 6.07 Å². The van der Waals surface area contributed by atoms with E-state index in [1.807, 2.05) is 42.6 Å². The van der Waals surface area contributed by atoms with E-state index in [0.717, 1.165) is 29.8 Å². The number of aromatic amines is 1. The first-order valence-corrected chi connectivity index (χ1v) is 11.4. The van der Waals surface area contributed by atoms with Gasteiger partial charge >= 0.3 is 5.69 Å². The first-order chi connectivity index (χ1) is 15.5. The molecule has 8 nitrogen and oxygen atoms in total. The highest BCUT2D eigenvalue weighted by Crippen LogP contribution is 2.40. The number of aromatic nitrogens is 4. The predicted molar refractivity (Wildman–Crippen MR) is 124 cm³/mol. The Labute approximate surface area is 187 Å². The Balaban J connectivity index is 1.58. The molecule has 0 spiro atoms. The van der Waals surface area contributed by atoms with Crippen LogP contribution in [0.2, 0.25) is 0 Å². The number of H-pyrrole nitrogens is 1. The molecule has 9 heteroatoms. The van der Waals surface area contributed by atoms with Gasteiger partial charge in [0, 0.05) is 29.1 Å². The van der Waals surface area contributed by atoms with Gasteiger partial charge in [-0.3, -0.25) is 24.5 Å². The van der Waals surface area contributed by atoms with Crippen molar-refractivity contribution in [3.8, 4) is 11.3 Å². The van der Waals surface area contributed by atoms with Gasteiger partial charge < -0.3 is 0 Å². The number of pyridine rings is 1. The Hall–Kier alpha value is -3.59. The highest BCUT2D eigenvalue weighted by Gasteiger charge is 2.29. The third-order valence-electron chi connectivity index (χ3n) is 5.45. The molecule has 1 aromatic carbocycles. The molecule has 2 N–H and O–H groups in total. The lowest BCUT2D eigenvalue weighted by Gasteiger charge is -2.12. The molecule has 1 saturated carbocycles. The number of anilines is 1. The van der Waals surface area contributed by atoms with Crippen LogP contribution in [0.3, 0.4) is 0 Å². The summed E-state index contributed by atoms with van der Waals surface area (Å²) in [5.41, 5.74) is 1.80. The van der Waals surface area contributed by atoms with Crippen molar-refractivity contribution in [2.24, 2.45) is 0 Å². The standard InChI is InChI=1S/C23H21N5O3S/c1-2-10-28-19-18(21(30)27-23(28)31)15(11-16(24-19)14-8-9-14)20(29)26-22-25-17(12-32-22)13-6-4-3-5-7-13/h3-7,11-12,14H,2,8-10H2,1H3,(H,25,26,29)(H,27,30,31). The number of carbonyl (C=O) groups is 1. The predicted octanol–water partition coefficient (Wildman–Crippen LogP) is 3.75. The first-order valence-electron chi connectivity index (χ1n) is 10.5. The molecule has 1 amide bonds.